The van der Waals surface area contributed by atoms with Crippen molar-refractivity contribution in [3.05, 3.63) is 72.1 Å². The number of hydrogen-bond donors (Lipinski definition) is 1. The first-order valence-electron chi connectivity index (χ1n) is 8.05. The Kier molecular flexibility index (Phi) is 6.57. The number of rotatable bonds is 8. The molecule has 0 atom stereocenters. The molecule has 0 aliphatic carbocycles. The summed E-state index contributed by atoms with van der Waals surface area (Å²) < 4.78 is 44.2. The summed E-state index contributed by atoms with van der Waals surface area (Å²) in [5.74, 6) is -0.344. The van der Waals surface area contributed by atoms with Gasteiger partial charge in [0.05, 0.1) is 25.6 Å². The number of nitrogens with one attached hydrogen (secondary N) is 1. The number of methoxy groups -OCH3 is 1. The minimum atomic E-state index is -3.66. The molecular formula is C19H21FN2O4S. The highest BCUT2D eigenvalue weighted by Gasteiger charge is 2.21. The maximum atomic E-state index is 13.2. The molecule has 0 radical (unpaired) electrons. The van der Waals surface area contributed by atoms with Crippen molar-refractivity contribution in [2.24, 2.45) is 0 Å². The third-order valence-electron chi connectivity index (χ3n) is 3.78. The van der Waals surface area contributed by atoms with Crippen LogP contribution in [0.1, 0.15) is 15.9 Å². The van der Waals surface area contributed by atoms with Crippen molar-refractivity contribution in [1.82, 2.24) is 5.32 Å². The molecule has 0 unspecified atom stereocenters. The summed E-state index contributed by atoms with van der Waals surface area (Å²) in [6.07, 6.45) is 2.62. The van der Waals surface area contributed by atoms with E-state index < -0.39 is 15.8 Å². The van der Waals surface area contributed by atoms with Gasteiger partial charge in [0.25, 0.3) is 5.91 Å². The van der Waals surface area contributed by atoms with Gasteiger partial charge < -0.3 is 10.1 Å². The summed E-state index contributed by atoms with van der Waals surface area (Å²) in [6.45, 7) is 3.78. The molecule has 0 saturated heterocycles. The highest BCUT2D eigenvalue weighted by Crippen LogP contribution is 2.26. The van der Waals surface area contributed by atoms with Gasteiger partial charge in [-0.3, -0.25) is 9.10 Å². The number of anilines is 1. The molecule has 8 heteroatoms. The molecule has 6 nitrogen and oxygen atoms in total. The Balaban J connectivity index is 2.42. The van der Waals surface area contributed by atoms with Gasteiger partial charge in [-0.05, 0) is 42.5 Å². The maximum Gasteiger partial charge on any atom is 0.251 e. The summed E-state index contributed by atoms with van der Waals surface area (Å²) in [5.41, 5.74) is 1.17. The van der Waals surface area contributed by atoms with Crippen LogP contribution in [-0.4, -0.2) is 34.2 Å². The van der Waals surface area contributed by atoms with Crippen molar-refractivity contribution in [3.8, 4) is 5.75 Å². The Hall–Kier alpha value is -2.87. The topological polar surface area (TPSA) is 75.7 Å². The van der Waals surface area contributed by atoms with Crippen LogP contribution in [0.2, 0.25) is 0 Å². The molecule has 0 aromatic heterocycles. The molecule has 1 amide bonds. The highest BCUT2D eigenvalue weighted by molar-refractivity contribution is 7.92. The second kappa shape index (κ2) is 8.68. The molecule has 0 aliphatic rings. The van der Waals surface area contributed by atoms with E-state index >= 15 is 0 Å². The average molecular weight is 392 g/mol. The molecule has 144 valence electrons. The zero-order chi connectivity index (χ0) is 20.0. The Morgan fingerprint density at radius 1 is 1.26 bits per heavy atom. The summed E-state index contributed by atoms with van der Waals surface area (Å²) in [4.78, 5) is 12.2. The van der Waals surface area contributed by atoms with Crippen LogP contribution in [0.15, 0.2) is 55.1 Å². The zero-order valence-corrected chi connectivity index (χ0v) is 15.9. The first kappa shape index (κ1) is 20.4. The Labute approximate surface area is 158 Å². The van der Waals surface area contributed by atoms with E-state index in [4.69, 9.17) is 4.74 Å². The molecule has 0 fully saturated rings. The quantitative estimate of drug-likeness (QED) is 0.701. The van der Waals surface area contributed by atoms with Crippen molar-refractivity contribution in [1.29, 1.82) is 0 Å². The van der Waals surface area contributed by atoms with Crippen molar-refractivity contribution in [2.45, 2.75) is 6.54 Å². The number of nitrogens with zero attached hydrogens (tertiary/aromatic N) is 1. The minimum Gasteiger partial charge on any atom is -0.496 e. The first-order chi connectivity index (χ1) is 12.8. The lowest BCUT2D eigenvalue weighted by molar-refractivity contribution is 0.0958. The Morgan fingerprint density at radius 3 is 2.48 bits per heavy atom. The summed E-state index contributed by atoms with van der Waals surface area (Å²) in [6, 6.07) is 9.88. The highest BCUT2D eigenvalue weighted by atomic mass is 32.2. The van der Waals surface area contributed by atoms with Gasteiger partial charge in [-0.25, -0.2) is 12.8 Å². The van der Waals surface area contributed by atoms with Gasteiger partial charge in [-0.2, -0.15) is 0 Å². The fourth-order valence-corrected chi connectivity index (χ4v) is 3.35. The van der Waals surface area contributed by atoms with E-state index in [0.29, 0.717) is 29.1 Å². The lowest BCUT2D eigenvalue weighted by Crippen LogP contribution is -2.30. The van der Waals surface area contributed by atoms with Gasteiger partial charge in [-0.15, -0.1) is 6.58 Å². The summed E-state index contributed by atoms with van der Waals surface area (Å²) >= 11 is 0. The molecule has 0 aliphatic heterocycles. The number of amides is 1. The van der Waals surface area contributed by atoms with Gasteiger partial charge in [0, 0.05) is 17.7 Å². The Morgan fingerprint density at radius 2 is 1.93 bits per heavy atom. The summed E-state index contributed by atoms with van der Waals surface area (Å²) in [5, 5.41) is 2.66. The number of halogens is 1. The molecule has 0 saturated carbocycles. The van der Waals surface area contributed by atoms with Gasteiger partial charge in [0.1, 0.15) is 11.6 Å². The van der Waals surface area contributed by atoms with Crippen molar-refractivity contribution >= 4 is 21.6 Å². The van der Waals surface area contributed by atoms with E-state index in [9.17, 15) is 17.6 Å². The zero-order valence-electron chi connectivity index (χ0n) is 15.1. The SMILES string of the molecule is C=CCNC(=O)c1ccc(OC)c(CN(c2ccc(F)cc2)S(C)(=O)=O)c1. The normalized spacial score (nSPS) is 10.9. The van der Waals surface area contributed by atoms with Crippen LogP contribution in [0, 0.1) is 5.82 Å². The molecule has 0 spiro atoms. The second-order valence-electron chi connectivity index (χ2n) is 5.77. The molecule has 2 rings (SSSR count). The van der Waals surface area contributed by atoms with Crippen LogP contribution in [0.25, 0.3) is 0 Å². The van der Waals surface area contributed by atoms with Crippen LogP contribution in [0.5, 0.6) is 5.75 Å². The lowest BCUT2D eigenvalue weighted by Gasteiger charge is -2.23. The fourth-order valence-electron chi connectivity index (χ4n) is 2.47. The maximum absolute atomic E-state index is 13.2. The molecule has 1 N–H and O–H groups in total. The van der Waals surface area contributed by atoms with E-state index in [0.717, 1.165) is 10.6 Å². The van der Waals surface area contributed by atoms with Crippen LogP contribution in [-0.2, 0) is 16.6 Å². The number of sulfonamides is 1. The third-order valence-corrected chi connectivity index (χ3v) is 4.92. The van der Waals surface area contributed by atoms with E-state index in [2.05, 4.69) is 11.9 Å². The summed E-state index contributed by atoms with van der Waals surface area (Å²) in [7, 11) is -2.20. The monoisotopic (exact) mass is 392 g/mol. The van der Waals surface area contributed by atoms with E-state index in [-0.39, 0.29) is 12.5 Å². The predicted octanol–water partition coefficient (Wildman–Crippen LogP) is 2.72. The van der Waals surface area contributed by atoms with Crippen LogP contribution in [0.4, 0.5) is 10.1 Å². The largest absolute Gasteiger partial charge is 0.496 e. The molecular weight excluding hydrogens is 371 g/mol. The molecule has 2 aromatic rings. The standard InChI is InChI=1S/C19H21FN2O4S/c1-4-11-21-19(23)14-5-10-18(26-2)15(12-14)13-22(27(3,24)25)17-8-6-16(20)7-9-17/h4-10,12H,1,11,13H2,2-3H3,(H,21,23). The van der Waals surface area contributed by atoms with Gasteiger partial charge in [0.2, 0.25) is 10.0 Å². The minimum absolute atomic E-state index is 0.0732. The Bertz CT molecular complexity index is 927. The predicted molar refractivity (Wildman–Crippen MR) is 103 cm³/mol. The fraction of sp³-hybridized carbons (Fsp3) is 0.211. The number of ether oxygens (including phenoxy) is 1. The lowest BCUT2D eigenvalue weighted by atomic mass is 10.1. The number of carbonyl (C=O) groups excluding carboxylic acids is 1. The third kappa shape index (κ3) is 5.30. The van der Waals surface area contributed by atoms with Gasteiger partial charge in [-0.1, -0.05) is 6.08 Å². The first-order valence-corrected chi connectivity index (χ1v) is 9.90. The van der Waals surface area contributed by atoms with Crippen LogP contribution >= 0.6 is 0 Å². The molecule has 2 aromatic carbocycles. The molecule has 0 bridgehead atoms. The van der Waals surface area contributed by atoms with Crippen molar-refractivity contribution in [3.63, 3.8) is 0 Å². The van der Waals surface area contributed by atoms with Gasteiger partial charge in [0.15, 0.2) is 0 Å². The van der Waals surface area contributed by atoms with Crippen molar-refractivity contribution < 1.29 is 22.3 Å². The van der Waals surface area contributed by atoms with Crippen molar-refractivity contribution in [2.75, 3.05) is 24.2 Å². The van der Waals surface area contributed by atoms with E-state index in [1.165, 1.54) is 31.4 Å². The number of benzene rings is 2. The smallest absolute Gasteiger partial charge is 0.251 e. The second-order valence-corrected chi connectivity index (χ2v) is 7.68. The number of hydrogen-bond acceptors (Lipinski definition) is 4. The van der Waals surface area contributed by atoms with Crippen LogP contribution < -0.4 is 14.4 Å². The van der Waals surface area contributed by atoms with Gasteiger partial charge >= 0.3 is 0 Å². The molecule has 27 heavy (non-hydrogen) atoms. The molecule has 0 heterocycles. The van der Waals surface area contributed by atoms with E-state index in [1.54, 1.807) is 24.3 Å². The van der Waals surface area contributed by atoms with Crippen LogP contribution in [0.3, 0.4) is 0 Å². The van der Waals surface area contributed by atoms with E-state index in [1.807, 2.05) is 0 Å². The average Bonchev–Trinajstić information content (AvgIpc) is 2.64. The number of carbonyl (C=O) groups is 1.